The molecule has 0 bridgehead atoms. The van der Waals surface area contributed by atoms with Gasteiger partial charge >= 0.3 is 0 Å². The summed E-state index contributed by atoms with van der Waals surface area (Å²) in [6.07, 6.45) is 0. The number of hydrogen-bond donors (Lipinski definition) is 8. The lowest BCUT2D eigenvalue weighted by molar-refractivity contribution is 0.428. The van der Waals surface area contributed by atoms with E-state index in [0.29, 0.717) is 0 Å². The van der Waals surface area contributed by atoms with Crippen LogP contribution in [0.5, 0.6) is 23.0 Å². The number of fused-ring (bicyclic) bond motifs is 4. The van der Waals surface area contributed by atoms with Crippen molar-refractivity contribution in [3.8, 4) is 23.0 Å². The molecule has 0 unspecified atom stereocenters. The second-order valence-corrected chi connectivity index (χ2v) is 17.9. The van der Waals surface area contributed by atoms with Gasteiger partial charge in [-0.15, -0.1) is 0 Å². The quantitative estimate of drug-likeness (QED) is 0.0754. The van der Waals surface area contributed by atoms with E-state index in [1.807, 2.05) is 0 Å². The monoisotopic (exact) mass is 886 g/mol. The van der Waals surface area contributed by atoms with Crippen molar-refractivity contribution in [1.82, 2.24) is 0 Å². The predicted octanol–water partition coefficient (Wildman–Crippen LogP) is 4.75. The van der Waals surface area contributed by atoms with E-state index in [-0.39, 0.29) is 56.2 Å². The van der Waals surface area contributed by atoms with Crippen molar-refractivity contribution in [3.05, 3.63) is 81.4 Å². The van der Waals surface area contributed by atoms with Crippen molar-refractivity contribution in [2.24, 2.45) is 9.98 Å². The Bertz CT molecular complexity index is 2990. The van der Waals surface area contributed by atoms with Crippen molar-refractivity contribution in [2.75, 3.05) is 22.1 Å². The van der Waals surface area contributed by atoms with E-state index < -0.39 is 93.1 Å². The largest absolute Gasteiger partial charge is 0.450 e. The van der Waals surface area contributed by atoms with Gasteiger partial charge in [0.25, 0.3) is 40.5 Å². The molecule has 0 amide bonds. The van der Waals surface area contributed by atoms with Gasteiger partial charge in [-0.05, 0) is 60.7 Å². The number of nitrogen functional groups attached to an aromatic ring is 2. The minimum atomic E-state index is -5.18. The average Bonchev–Trinajstić information content (AvgIpc) is 3.08. The molecule has 0 radical (unpaired) electrons. The molecule has 292 valence electrons. The van der Waals surface area contributed by atoms with Gasteiger partial charge in [-0.3, -0.25) is 18.2 Å². The summed E-state index contributed by atoms with van der Waals surface area (Å²) in [6.45, 7) is 0. The van der Waals surface area contributed by atoms with Gasteiger partial charge in [-0.25, -0.2) is 9.98 Å². The summed E-state index contributed by atoms with van der Waals surface area (Å²) in [5.74, 6) is -1.94. The normalized spacial score (nSPS) is 13.4. The molecule has 10 N–H and O–H groups in total. The molecule has 5 aromatic rings. The van der Waals surface area contributed by atoms with Crippen LogP contribution >= 0.6 is 23.2 Å². The molecular formula is C30H20Cl2N6O14S4. The van der Waals surface area contributed by atoms with Crippen molar-refractivity contribution < 1.29 is 61.4 Å². The zero-order valence-corrected chi connectivity index (χ0v) is 31.9. The zero-order chi connectivity index (χ0) is 40.9. The summed E-state index contributed by atoms with van der Waals surface area (Å²) in [6, 6.07) is 11.3. The Morgan fingerprint density at radius 2 is 0.875 bits per heavy atom. The summed E-state index contributed by atoms with van der Waals surface area (Å²) < 4.78 is 150. The molecule has 2 aliphatic heterocycles. The fourth-order valence-electron chi connectivity index (χ4n) is 5.62. The molecular weight excluding hydrogens is 868 g/mol. The van der Waals surface area contributed by atoms with Crippen molar-refractivity contribution in [3.63, 3.8) is 0 Å². The van der Waals surface area contributed by atoms with Gasteiger partial charge in [-0.2, -0.15) is 33.7 Å². The van der Waals surface area contributed by atoms with Crippen LogP contribution in [0.3, 0.4) is 0 Å². The predicted molar refractivity (Wildman–Crippen MR) is 199 cm³/mol. The number of ether oxygens (including phenoxy) is 2. The fraction of sp³-hybridized carbons (Fsp3) is 0. The van der Waals surface area contributed by atoms with Crippen LogP contribution in [0, 0.1) is 0 Å². The third-order valence-corrected chi connectivity index (χ3v) is 12.3. The number of halogens is 2. The fourth-order valence-corrected chi connectivity index (χ4v) is 8.97. The van der Waals surface area contributed by atoms with Gasteiger partial charge in [0.05, 0.1) is 22.7 Å². The van der Waals surface area contributed by atoms with E-state index >= 15 is 0 Å². The first-order valence-electron chi connectivity index (χ1n) is 14.8. The summed E-state index contributed by atoms with van der Waals surface area (Å²) in [7, 11) is -20.0. The molecule has 20 nitrogen and oxygen atoms in total. The van der Waals surface area contributed by atoms with Crippen LogP contribution < -0.4 is 42.3 Å². The SMILES string of the molecule is Nc1ccc(Nc2ccc3c(c2S(=O)(=O)O)Oc2c(Cl)c4c(c(Cl)c2=N3)Oc2c(ccc(Nc3ccc(N)c(S(=O)(=O)O)c3)c2S(=O)(=O)O)N=4)cc1S(=O)(=O)O. The molecule has 2 aliphatic rings. The van der Waals surface area contributed by atoms with Crippen LogP contribution in [0.4, 0.5) is 45.5 Å². The maximum absolute atomic E-state index is 12.8. The van der Waals surface area contributed by atoms with E-state index in [1.165, 1.54) is 24.3 Å². The van der Waals surface area contributed by atoms with Gasteiger partial charge in [0.1, 0.15) is 41.9 Å². The minimum absolute atomic E-state index is 0.0893. The van der Waals surface area contributed by atoms with Gasteiger partial charge < -0.3 is 31.6 Å². The first-order valence-corrected chi connectivity index (χ1v) is 21.4. The highest BCUT2D eigenvalue weighted by atomic mass is 35.5. The first-order chi connectivity index (χ1) is 25.9. The number of benzene rings is 5. The summed E-state index contributed by atoms with van der Waals surface area (Å²) in [5.41, 5.74) is 9.29. The van der Waals surface area contributed by atoms with Gasteiger partial charge in [0, 0.05) is 11.4 Å². The topological polar surface area (TPSA) is 337 Å². The van der Waals surface area contributed by atoms with E-state index in [4.69, 9.17) is 44.1 Å². The molecule has 0 aromatic heterocycles. The van der Waals surface area contributed by atoms with Crippen LogP contribution in [0.1, 0.15) is 0 Å². The molecule has 5 aromatic carbocycles. The highest BCUT2D eigenvalue weighted by Gasteiger charge is 2.35. The van der Waals surface area contributed by atoms with E-state index in [0.717, 1.165) is 36.4 Å². The Balaban J connectivity index is 1.35. The summed E-state index contributed by atoms with van der Waals surface area (Å²) >= 11 is 13.4. The van der Waals surface area contributed by atoms with Crippen LogP contribution in [0.2, 0.25) is 10.0 Å². The number of rotatable bonds is 8. The molecule has 0 fully saturated rings. The van der Waals surface area contributed by atoms with E-state index in [9.17, 15) is 51.9 Å². The lowest BCUT2D eigenvalue weighted by Gasteiger charge is -2.24. The Morgan fingerprint density at radius 1 is 0.518 bits per heavy atom. The number of anilines is 6. The maximum Gasteiger partial charge on any atom is 0.300 e. The third-order valence-electron chi connectivity index (χ3n) is 7.96. The third kappa shape index (κ3) is 6.91. The molecule has 0 spiro atoms. The molecule has 0 saturated heterocycles. The molecule has 0 atom stereocenters. The maximum atomic E-state index is 12.8. The van der Waals surface area contributed by atoms with Crippen LogP contribution in [0.25, 0.3) is 0 Å². The molecule has 2 heterocycles. The standard InChI is InChI=1S/C30H20Cl2N6O14S4/c31-21-24-28(52-26-16(38-24)6-8-18(30(26)56(48,49)50)36-12-2-4-14(34)20(10-12)54(42,43)44)22(32)23-27(21)51-25-15(37-23)5-7-17(29(25)55(45,46)47)35-11-1-3-13(33)19(9-11)53(39,40)41/h1-10,35-36H,33-34H2,(H,39,40,41)(H,42,43,44)(H,45,46,47)(H,48,49,50). The smallest absolute Gasteiger partial charge is 0.300 e. The highest BCUT2D eigenvalue weighted by molar-refractivity contribution is 7.86. The van der Waals surface area contributed by atoms with Gasteiger partial charge in [0.15, 0.2) is 32.8 Å². The van der Waals surface area contributed by atoms with E-state index in [1.54, 1.807) is 0 Å². The molecule has 26 heteroatoms. The highest BCUT2D eigenvalue weighted by Crippen LogP contribution is 2.49. The Labute approximate surface area is 325 Å². The van der Waals surface area contributed by atoms with Crippen molar-refractivity contribution >= 4 is 109 Å². The Morgan fingerprint density at radius 3 is 1.20 bits per heavy atom. The Kier molecular flexibility index (Phi) is 9.15. The van der Waals surface area contributed by atoms with Crippen molar-refractivity contribution in [1.29, 1.82) is 0 Å². The van der Waals surface area contributed by atoms with Gasteiger partial charge in [-0.1, -0.05) is 23.2 Å². The van der Waals surface area contributed by atoms with Gasteiger partial charge in [0.2, 0.25) is 0 Å². The number of hydrogen-bond acceptors (Lipinski definition) is 16. The molecule has 56 heavy (non-hydrogen) atoms. The van der Waals surface area contributed by atoms with Crippen LogP contribution in [-0.4, -0.2) is 51.9 Å². The van der Waals surface area contributed by atoms with Crippen molar-refractivity contribution in [2.45, 2.75) is 19.6 Å². The summed E-state index contributed by atoms with van der Waals surface area (Å²) in [5, 5.41) is 3.90. The number of nitrogens with zero attached hydrogens (tertiary/aromatic N) is 2. The first kappa shape index (κ1) is 39.0. The number of nitrogens with two attached hydrogens (primary N) is 2. The molecule has 0 aliphatic carbocycles. The van der Waals surface area contributed by atoms with E-state index in [2.05, 4.69) is 20.6 Å². The average molecular weight is 888 g/mol. The summed E-state index contributed by atoms with van der Waals surface area (Å²) in [4.78, 5) is 5.51. The second-order valence-electron chi connectivity index (χ2n) is 11.6. The number of nitrogens with one attached hydrogen (secondary N) is 2. The molecule has 0 saturated carbocycles. The van der Waals surface area contributed by atoms with Crippen LogP contribution in [-0.2, 0) is 40.5 Å². The lowest BCUT2D eigenvalue weighted by atomic mass is 10.1. The zero-order valence-electron chi connectivity index (χ0n) is 27.1. The minimum Gasteiger partial charge on any atom is -0.450 e. The Hall–Kier alpha value is -5.28. The van der Waals surface area contributed by atoms with Crippen LogP contribution in [0.15, 0.2) is 90.2 Å². The second kappa shape index (κ2) is 13.2. The molecule has 7 rings (SSSR count). The lowest BCUT2D eigenvalue weighted by Crippen LogP contribution is -2.23.